The number of rotatable bonds is 4. The smallest absolute Gasteiger partial charge is 0.294 e. The van der Waals surface area contributed by atoms with Crippen LogP contribution in [0.3, 0.4) is 0 Å². The maximum atomic E-state index is 14.0. The van der Waals surface area contributed by atoms with E-state index in [-0.39, 0.29) is 17.7 Å². The fraction of sp³-hybridized carbons (Fsp3) is 0.105. The van der Waals surface area contributed by atoms with Crippen LogP contribution in [-0.4, -0.2) is 15.6 Å². The number of aromatic nitrogens is 2. The van der Waals surface area contributed by atoms with Crippen molar-refractivity contribution in [2.75, 3.05) is 0 Å². The molecule has 0 saturated heterocycles. The van der Waals surface area contributed by atoms with Crippen LogP contribution in [0.4, 0.5) is 17.6 Å². The van der Waals surface area contributed by atoms with E-state index in [4.69, 9.17) is 5.26 Å². The highest BCUT2D eigenvalue weighted by molar-refractivity contribution is 5.99. The summed E-state index contributed by atoms with van der Waals surface area (Å²) in [5.41, 5.74) is -1.21. The van der Waals surface area contributed by atoms with Crippen molar-refractivity contribution in [2.45, 2.75) is 12.6 Å². The Morgan fingerprint density at radius 2 is 1.89 bits per heavy atom. The average Bonchev–Trinajstić information content (AvgIpc) is 3.08. The van der Waals surface area contributed by atoms with Gasteiger partial charge >= 0.3 is 6.18 Å². The van der Waals surface area contributed by atoms with Crippen LogP contribution in [0, 0.1) is 17.1 Å². The van der Waals surface area contributed by atoms with E-state index < -0.39 is 28.9 Å². The lowest BCUT2D eigenvalue weighted by Gasteiger charge is -2.11. The van der Waals surface area contributed by atoms with Gasteiger partial charge in [0.15, 0.2) is 5.78 Å². The topological polar surface area (TPSA) is 58.7 Å². The van der Waals surface area contributed by atoms with Crippen molar-refractivity contribution in [3.05, 3.63) is 82.9 Å². The first-order valence-electron chi connectivity index (χ1n) is 7.73. The number of nitriles is 1. The Bertz CT molecular complexity index is 1050. The summed E-state index contributed by atoms with van der Waals surface area (Å²) in [6.45, 7) is 0. The van der Waals surface area contributed by atoms with E-state index in [2.05, 4.69) is 5.10 Å². The molecular weight excluding hydrogens is 362 g/mol. The molecule has 0 amide bonds. The number of nitrogens with zero attached hydrogens (tertiary/aromatic N) is 3. The van der Waals surface area contributed by atoms with Crippen LogP contribution in [0.1, 0.15) is 27.0 Å². The van der Waals surface area contributed by atoms with Gasteiger partial charge in [-0.2, -0.15) is 23.5 Å². The molecule has 3 aromatic rings. The van der Waals surface area contributed by atoms with Gasteiger partial charge in [0.2, 0.25) is 0 Å². The minimum Gasteiger partial charge on any atom is -0.294 e. The molecule has 2 aromatic carbocycles. The van der Waals surface area contributed by atoms with Crippen molar-refractivity contribution in [3.63, 3.8) is 0 Å². The SMILES string of the molecule is N#Cc1cccc(F)c1-n1cc(CC(=O)c2ccccc2C(F)(F)F)cn1. The molecule has 0 aliphatic heterocycles. The summed E-state index contributed by atoms with van der Waals surface area (Å²) >= 11 is 0. The third-order valence-corrected chi connectivity index (χ3v) is 3.87. The first kappa shape index (κ1) is 18.3. The Kier molecular flexibility index (Phi) is 4.77. The number of Topliss-reactive ketones (excluding diaryl/α,β-unsaturated/α-hetero) is 1. The molecule has 136 valence electrons. The zero-order chi connectivity index (χ0) is 19.6. The number of alkyl halides is 3. The van der Waals surface area contributed by atoms with Crippen molar-refractivity contribution >= 4 is 5.78 Å². The van der Waals surface area contributed by atoms with E-state index in [0.717, 1.165) is 22.9 Å². The molecule has 0 aliphatic carbocycles. The van der Waals surface area contributed by atoms with Gasteiger partial charge in [0.05, 0.1) is 17.3 Å². The molecule has 0 radical (unpaired) electrons. The molecule has 4 nitrogen and oxygen atoms in total. The predicted molar refractivity (Wildman–Crippen MR) is 87.7 cm³/mol. The van der Waals surface area contributed by atoms with E-state index in [1.54, 1.807) is 0 Å². The van der Waals surface area contributed by atoms with Gasteiger partial charge in [-0.15, -0.1) is 0 Å². The summed E-state index contributed by atoms with van der Waals surface area (Å²) in [5.74, 6) is -1.42. The molecule has 0 spiro atoms. The lowest BCUT2D eigenvalue weighted by Crippen LogP contribution is -2.14. The van der Waals surface area contributed by atoms with Crippen molar-refractivity contribution < 1.29 is 22.4 Å². The number of para-hydroxylation sites is 1. The number of halogens is 4. The Labute approximate surface area is 151 Å². The molecule has 27 heavy (non-hydrogen) atoms. The average molecular weight is 373 g/mol. The van der Waals surface area contributed by atoms with E-state index in [1.807, 2.05) is 6.07 Å². The minimum atomic E-state index is -4.65. The highest BCUT2D eigenvalue weighted by atomic mass is 19.4. The van der Waals surface area contributed by atoms with Crippen LogP contribution in [0.5, 0.6) is 0 Å². The number of hydrogen-bond donors (Lipinski definition) is 0. The number of hydrogen-bond acceptors (Lipinski definition) is 3. The number of benzene rings is 2. The molecular formula is C19H11F4N3O. The maximum Gasteiger partial charge on any atom is 0.417 e. The molecule has 3 rings (SSSR count). The van der Waals surface area contributed by atoms with Gasteiger partial charge in [-0.25, -0.2) is 9.07 Å². The summed E-state index contributed by atoms with van der Waals surface area (Å²) in [7, 11) is 0. The lowest BCUT2D eigenvalue weighted by atomic mass is 9.99. The molecule has 0 saturated carbocycles. The van der Waals surface area contributed by atoms with Crippen molar-refractivity contribution in [2.24, 2.45) is 0 Å². The molecule has 0 bridgehead atoms. The monoisotopic (exact) mass is 373 g/mol. The molecule has 8 heteroatoms. The van der Waals surface area contributed by atoms with E-state index >= 15 is 0 Å². The molecule has 0 unspecified atom stereocenters. The normalized spacial score (nSPS) is 11.2. The third-order valence-electron chi connectivity index (χ3n) is 3.87. The summed E-state index contributed by atoms with van der Waals surface area (Å²) in [5, 5.41) is 13.0. The molecule has 0 atom stereocenters. The molecule has 0 fully saturated rings. The lowest BCUT2D eigenvalue weighted by molar-refractivity contribution is -0.137. The second-order valence-electron chi connectivity index (χ2n) is 5.68. The number of carbonyl (C=O) groups excluding carboxylic acids is 1. The number of ketones is 1. The van der Waals surface area contributed by atoms with Crippen LogP contribution in [-0.2, 0) is 12.6 Å². The predicted octanol–water partition coefficient (Wildman–Crippen LogP) is 4.33. The molecule has 0 aliphatic rings. The van der Waals surface area contributed by atoms with Gasteiger partial charge in [-0.3, -0.25) is 4.79 Å². The summed E-state index contributed by atoms with van der Waals surface area (Å²) in [6, 6.07) is 10.3. The van der Waals surface area contributed by atoms with Crippen molar-refractivity contribution in [1.82, 2.24) is 9.78 Å². The van der Waals surface area contributed by atoms with Crippen molar-refractivity contribution in [3.8, 4) is 11.8 Å². The minimum absolute atomic E-state index is 0.0402. The van der Waals surface area contributed by atoms with E-state index in [1.165, 1.54) is 36.7 Å². The Hall–Kier alpha value is -3.47. The zero-order valence-corrected chi connectivity index (χ0v) is 13.7. The maximum absolute atomic E-state index is 14.0. The van der Waals surface area contributed by atoms with Gasteiger partial charge in [0.25, 0.3) is 0 Å². The van der Waals surface area contributed by atoms with Gasteiger partial charge in [0, 0.05) is 18.2 Å². The second-order valence-corrected chi connectivity index (χ2v) is 5.68. The van der Waals surface area contributed by atoms with Crippen LogP contribution in [0.15, 0.2) is 54.9 Å². The summed E-state index contributed by atoms with van der Waals surface area (Å²) < 4.78 is 54.3. The first-order valence-corrected chi connectivity index (χ1v) is 7.73. The van der Waals surface area contributed by atoms with Crippen molar-refractivity contribution in [1.29, 1.82) is 5.26 Å². The number of carbonyl (C=O) groups is 1. The third kappa shape index (κ3) is 3.72. The Morgan fingerprint density at radius 1 is 1.15 bits per heavy atom. The van der Waals surface area contributed by atoms with Crippen LogP contribution in [0.25, 0.3) is 5.69 Å². The van der Waals surface area contributed by atoms with E-state index in [9.17, 15) is 22.4 Å². The summed E-state index contributed by atoms with van der Waals surface area (Å²) in [6.07, 6.45) is -2.43. The standard InChI is InChI=1S/C19H11F4N3O/c20-16-7-3-4-13(9-24)18(16)26-11-12(10-25-26)8-17(27)14-5-1-2-6-15(14)19(21,22)23/h1-7,10-11H,8H2. The Morgan fingerprint density at radius 3 is 2.59 bits per heavy atom. The molecule has 1 aromatic heterocycles. The van der Waals surface area contributed by atoms with E-state index in [0.29, 0.717) is 5.56 Å². The van der Waals surface area contributed by atoms with Crippen LogP contribution < -0.4 is 0 Å². The first-order chi connectivity index (χ1) is 12.8. The molecule has 1 heterocycles. The quantitative estimate of drug-likeness (QED) is 0.505. The van der Waals surface area contributed by atoms with Gasteiger partial charge in [0.1, 0.15) is 17.6 Å². The molecule has 0 N–H and O–H groups in total. The Balaban J connectivity index is 1.90. The largest absolute Gasteiger partial charge is 0.417 e. The second kappa shape index (κ2) is 7.03. The fourth-order valence-electron chi connectivity index (χ4n) is 2.67. The van der Waals surface area contributed by atoms with Gasteiger partial charge in [-0.1, -0.05) is 24.3 Å². The highest BCUT2D eigenvalue weighted by Crippen LogP contribution is 2.32. The van der Waals surface area contributed by atoms with Crippen LogP contribution >= 0.6 is 0 Å². The summed E-state index contributed by atoms with van der Waals surface area (Å²) in [4.78, 5) is 12.4. The highest BCUT2D eigenvalue weighted by Gasteiger charge is 2.34. The zero-order valence-electron chi connectivity index (χ0n) is 13.7. The van der Waals surface area contributed by atoms with Gasteiger partial charge in [-0.05, 0) is 23.8 Å². The van der Waals surface area contributed by atoms with Gasteiger partial charge < -0.3 is 0 Å². The fourth-order valence-corrected chi connectivity index (χ4v) is 2.67. The van der Waals surface area contributed by atoms with Crippen LogP contribution in [0.2, 0.25) is 0 Å².